The van der Waals surface area contributed by atoms with Gasteiger partial charge in [-0.25, -0.2) is 4.79 Å². The summed E-state index contributed by atoms with van der Waals surface area (Å²) in [4.78, 5) is 33.7. The zero-order valence-electron chi connectivity index (χ0n) is 20.2. The second-order valence-corrected chi connectivity index (χ2v) is 9.92. The first kappa shape index (κ1) is 24.9. The average Bonchev–Trinajstić information content (AvgIpc) is 3.52. The van der Waals surface area contributed by atoms with E-state index in [2.05, 4.69) is 43.8 Å². The molecule has 1 fully saturated rings. The molecule has 1 atom stereocenters. The Hall–Kier alpha value is -3.24. The number of primary amides is 1. The fourth-order valence-electron chi connectivity index (χ4n) is 4.64. The van der Waals surface area contributed by atoms with E-state index in [-0.39, 0.29) is 12.1 Å². The number of piperidine rings is 1. The van der Waals surface area contributed by atoms with Gasteiger partial charge >= 0.3 is 6.03 Å². The van der Waals surface area contributed by atoms with Gasteiger partial charge in [0.1, 0.15) is 0 Å². The Balaban J connectivity index is 1.35. The Morgan fingerprint density at radius 3 is 2.80 bits per heavy atom. The number of nitrogens with zero attached hydrogens (tertiary/aromatic N) is 4. The first-order valence-corrected chi connectivity index (χ1v) is 12.9. The van der Waals surface area contributed by atoms with Crippen LogP contribution in [0.5, 0.6) is 0 Å². The summed E-state index contributed by atoms with van der Waals surface area (Å²) in [7, 11) is 0. The maximum Gasteiger partial charge on any atom is 0.323 e. The molecule has 3 aromatic heterocycles. The maximum atomic E-state index is 13.2. The van der Waals surface area contributed by atoms with Crippen molar-refractivity contribution < 1.29 is 9.59 Å². The molecule has 4 rings (SSSR count). The van der Waals surface area contributed by atoms with E-state index in [1.807, 2.05) is 23.3 Å². The summed E-state index contributed by atoms with van der Waals surface area (Å²) in [6.07, 6.45) is 5.10. The Kier molecular flexibility index (Phi) is 8.14. The molecule has 1 aliphatic rings. The lowest BCUT2D eigenvalue weighted by molar-refractivity contribution is 0.0980. The third kappa shape index (κ3) is 6.46. The van der Waals surface area contributed by atoms with Crippen LogP contribution in [-0.4, -0.2) is 62.1 Å². The van der Waals surface area contributed by atoms with Crippen molar-refractivity contribution >= 4 is 29.1 Å². The van der Waals surface area contributed by atoms with Gasteiger partial charge in [-0.05, 0) is 74.1 Å². The lowest BCUT2D eigenvalue weighted by atomic mass is 9.99. The van der Waals surface area contributed by atoms with E-state index in [1.54, 1.807) is 29.7 Å². The molecule has 186 valence electrons. The third-order valence-corrected chi connectivity index (χ3v) is 7.38. The topological polar surface area (TPSA) is 120 Å². The molecule has 0 spiro atoms. The van der Waals surface area contributed by atoms with Crippen LogP contribution in [0.2, 0.25) is 0 Å². The van der Waals surface area contributed by atoms with Crippen LogP contribution in [0.4, 0.5) is 10.6 Å². The number of hydrogen-bond acceptors (Lipinski definition) is 6. The molecule has 35 heavy (non-hydrogen) atoms. The van der Waals surface area contributed by atoms with Crippen molar-refractivity contribution in [2.24, 2.45) is 5.73 Å². The summed E-state index contributed by atoms with van der Waals surface area (Å²) in [6, 6.07) is 7.74. The number of likely N-dealkylation sites (tertiary alicyclic amines) is 1. The Bertz CT molecular complexity index is 1120. The zero-order chi connectivity index (χ0) is 24.8. The molecule has 0 radical (unpaired) electrons. The molecule has 0 aliphatic carbocycles. The normalized spacial score (nSPS) is 15.6. The van der Waals surface area contributed by atoms with Crippen LogP contribution >= 0.6 is 11.3 Å². The van der Waals surface area contributed by atoms with Crippen LogP contribution in [-0.2, 0) is 13.0 Å². The number of carbonyl (C=O) groups excluding carboxylic acids is 2. The van der Waals surface area contributed by atoms with E-state index in [0.29, 0.717) is 30.4 Å². The van der Waals surface area contributed by atoms with E-state index in [0.717, 1.165) is 49.3 Å². The Morgan fingerprint density at radius 1 is 1.34 bits per heavy atom. The molecule has 0 saturated carbocycles. The monoisotopic (exact) mass is 495 g/mol. The molecule has 3 amide bonds. The summed E-state index contributed by atoms with van der Waals surface area (Å²) in [5.74, 6) is 0.106. The summed E-state index contributed by atoms with van der Waals surface area (Å²) >= 11 is 1.64. The largest absolute Gasteiger partial charge is 0.366 e. The van der Waals surface area contributed by atoms with Gasteiger partial charge in [-0.3, -0.25) is 20.2 Å². The van der Waals surface area contributed by atoms with Crippen LogP contribution < -0.4 is 11.1 Å². The number of hydrogen-bond donors (Lipinski definition) is 3. The quantitative estimate of drug-likeness (QED) is 0.417. The number of pyridine rings is 1. The first-order chi connectivity index (χ1) is 16.9. The van der Waals surface area contributed by atoms with Crippen molar-refractivity contribution in [1.29, 1.82) is 0 Å². The number of carbonyl (C=O) groups is 2. The van der Waals surface area contributed by atoms with Crippen LogP contribution in [0.25, 0.3) is 0 Å². The molecule has 1 saturated heterocycles. The fourth-order valence-corrected chi connectivity index (χ4v) is 5.30. The van der Waals surface area contributed by atoms with Crippen LogP contribution in [0.1, 0.15) is 53.5 Å². The molecular weight excluding hydrogens is 462 g/mol. The molecule has 0 bridgehead atoms. The standard InChI is InChI=1S/C25H33N7O2S/c1-17-14-23(30-29-17)28-25(34)32(15-19-9-13-35-16-19)20-7-11-31(12-8-20)18(2)5-6-22-21(24(26)33)4-3-10-27-22/h3-4,9-10,13-14,16,18,20H,5-8,11-12,15H2,1-2H3,(H2,26,33)(H2,28,29,30,34)/t18-/m1/s1. The SMILES string of the molecule is Cc1cc(NC(=O)N(Cc2ccsc2)C2CCN([C@H](C)CCc3ncccc3C(N)=O)CC2)n[nH]1. The minimum atomic E-state index is -0.435. The molecule has 9 nitrogen and oxygen atoms in total. The number of urea groups is 1. The summed E-state index contributed by atoms with van der Waals surface area (Å²) < 4.78 is 0. The second kappa shape index (κ2) is 11.5. The number of aromatic amines is 1. The predicted octanol–water partition coefficient (Wildman–Crippen LogP) is 3.79. The number of amides is 3. The van der Waals surface area contributed by atoms with Crippen molar-refractivity contribution in [3.8, 4) is 0 Å². The lowest BCUT2D eigenvalue weighted by Crippen LogP contribution is -2.50. The van der Waals surface area contributed by atoms with Gasteiger partial charge in [0.25, 0.3) is 5.91 Å². The predicted molar refractivity (Wildman–Crippen MR) is 137 cm³/mol. The van der Waals surface area contributed by atoms with Crippen molar-refractivity contribution in [1.82, 2.24) is 25.0 Å². The van der Waals surface area contributed by atoms with Gasteiger partial charge in [0, 0.05) is 49.7 Å². The molecule has 4 heterocycles. The number of aryl methyl sites for hydroxylation is 2. The van der Waals surface area contributed by atoms with Crippen LogP contribution in [0.3, 0.4) is 0 Å². The number of rotatable bonds is 9. The van der Waals surface area contributed by atoms with E-state index in [4.69, 9.17) is 5.73 Å². The number of H-pyrrole nitrogens is 1. The number of thiophene rings is 1. The van der Waals surface area contributed by atoms with Crippen LogP contribution in [0.15, 0.2) is 41.2 Å². The zero-order valence-corrected chi connectivity index (χ0v) is 21.1. The molecular formula is C25H33N7O2S. The molecule has 1 aliphatic heterocycles. The van der Waals surface area contributed by atoms with Crippen molar-refractivity contribution in [2.75, 3.05) is 18.4 Å². The third-order valence-electron chi connectivity index (χ3n) is 6.65. The first-order valence-electron chi connectivity index (χ1n) is 12.0. The highest BCUT2D eigenvalue weighted by Gasteiger charge is 2.30. The van der Waals surface area contributed by atoms with Gasteiger partial charge in [-0.1, -0.05) is 0 Å². The number of aromatic nitrogens is 3. The number of anilines is 1. The Labute approximate surface area is 209 Å². The van der Waals surface area contributed by atoms with Crippen molar-refractivity contribution in [3.05, 3.63) is 63.7 Å². The summed E-state index contributed by atoms with van der Waals surface area (Å²) in [5, 5.41) is 14.1. The van der Waals surface area contributed by atoms with Gasteiger partial charge in [0.15, 0.2) is 5.82 Å². The lowest BCUT2D eigenvalue weighted by Gasteiger charge is -2.40. The highest BCUT2D eigenvalue weighted by atomic mass is 32.1. The number of nitrogens with two attached hydrogens (primary N) is 1. The summed E-state index contributed by atoms with van der Waals surface area (Å²) in [6.45, 7) is 6.51. The van der Waals surface area contributed by atoms with Gasteiger partial charge in [0.2, 0.25) is 0 Å². The average molecular weight is 496 g/mol. The smallest absolute Gasteiger partial charge is 0.323 e. The van der Waals surface area contributed by atoms with Crippen LogP contribution in [0, 0.1) is 6.92 Å². The highest BCUT2D eigenvalue weighted by Crippen LogP contribution is 2.24. The van der Waals surface area contributed by atoms with E-state index >= 15 is 0 Å². The number of nitrogens with one attached hydrogen (secondary N) is 2. The van der Waals surface area contributed by atoms with E-state index in [9.17, 15) is 9.59 Å². The van der Waals surface area contributed by atoms with Crippen molar-refractivity contribution in [3.63, 3.8) is 0 Å². The molecule has 10 heteroatoms. The molecule has 0 aromatic carbocycles. The Morgan fingerprint density at radius 2 is 2.14 bits per heavy atom. The molecule has 0 unspecified atom stereocenters. The maximum absolute atomic E-state index is 13.2. The van der Waals surface area contributed by atoms with E-state index in [1.165, 1.54) is 0 Å². The molecule has 3 aromatic rings. The minimum absolute atomic E-state index is 0.122. The van der Waals surface area contributed by atoms with Gasteiger partial charge in [0.05, 0.1) is 11.3 Å². The van der Waals surface area contributed by atoms with Gasteiger partial charge in [-0.15, -0.1) is 0 Å². The fraction of sp³-hybridized carbons (Fsp3) is 0.440. The van der Waals surface area contributed by atoms with Crippen molar-refractivity contribution in [2.45, 2.75) is 58.2 Å². The van der Waals surface area contributed by atoms with E-state index < -0.39 is 5.91 Å². The summed E-state index contributed by atoms with van der Waals surface area (Å²) in [5.41, 5.74) is 8.80. The second-order valence-electron chi connectivity index (χ2n) is 9.14. The van der Waals surface area contributed by atoms with Gasteiger partial charge < -0.3 is 15.5 Å². The van der Waals surface area contributed by atoms with Gasteiger partial charge in [-0.2, -0.15) is 16.4 Å². The highest BCUT2D eigenvalue weighted by molar-refractivity contribution is 7.07. The molecule has 4 N–H and O–H groups in total. The minimum Gasteiger partial charge on any atom is -0.366 e.